The van der Waals surface area contributed by atoms with Crippen LogP contribution in [0.25, 0.3) is 27.7 Å². The number of anilines is 1. The number of hydrogen-bond donors (Lipinski definition) is 1. The Labute approximate surface area is 202 Å². The van der Waals surface area contributed by atoms with Crippen LogP contribution in [-0.4, -0.2) is 20.7 Å². The molecule has 0 radical (unpaired) electrons. The molecule has 0 atom stereocenters. The summed E-state index contributed by atoms with van der Waals surface area (Å²) in [6.45, 7) is 0. The van der Waals surface area contributed by atoms with E-state index < -0.39 is 11.9 Å². The highest BCUT2D eigenvalue weighted by atomic mass is 35.5. The van der Waals surface area contributed by atoms with Gasteiger partial charge in [0.15, 0.2) is 5.69 Å². The Bertz CT molecular complexity index is 1540. The van der Waals surface area contributed by atoms with Gasteiger partial charge in [-0.1, -0.05) is 48.0 Å². The Morgan fingerprint density at radius 1 is 0.943 bits per heavy atom. The summed E-state index contributed by atoms with van der Waals surface area (Å²) >= 11 is 6.23. The van der Waals surface area contributed by atoms with Gasteiger partial charge in [-0.25, -0.2) is 4.68 Å². The molecule has 5 nitrogen and oxygen atoms in total. The molecule has 0 saturated carbocycles. The molecule has 3 aromatic carbocycles. The van der Waals surface area contributed by atoms with Crippen LogP contribution in [0.2, 0.25) is 5.02 Å². The summed E-state index contributed by atoms with van der Waals surface area (Å²) in [5.41, 5.74) is 0.886. The van der Waals surface area contributed by atoms with E-state index in [1.165, 1.54) is 0 Å². The van der Waals surface area contributed by atoms with Crippen LogP contribution in [-0.2, 0) is 6.18 Å². The van der Waals surface area contributed by atoms with Gasteiger partial charge in [0, 0.05) is 40.0 Å². The normalized spacial score (nSPS) is 11.5. The number of fused-ring (bicyclic) bond motifs is 1. The van der Waals surface area contributed by atoms with Gasteiger partial charge < -0.3 is 5.32 Å². The van der Waals surface area contributed by atoms with Crippen LogP contribution in [0.1, 0.15) is 16.1 Å². The predicted molar refractivity (Wildman–Crippen MR) is 129 cm³/mol. The lowest BCUT2D eigenvalue weighted by Crippen LogP contribution is -2.12. The Balaban J connectivity index is 1.48. The van der Waals surface area contributed by atoms with E-state index in [2.05, 4.69) is 15.4 Å². The zero-order valence-corrected chi connectivity index (χ0v) is 18.7. The molecule has 1 N–H and O–H groups in total. The van der Waals surface area contributed by atoms with E-state index in [1.54, 1.807) is 67.0 Å². The molecule has 2 heterocycles. The molecule has 1 amide bonds. The Morgan fingerprint density at radius 2 is 1.71 bits per heavy atom. The molecular formula is C26H16ClF3N4O. The van der Waals surface area contributed by atoms with Crippen molar-refractivity contribution < 1.29 is 18.0 Å². The minimum absolute atomic E-state index is 0.193. The summed E-state index contributed by atoms with van der Waals surface area (Å²) in [7, 11) is 0. The lowest BCUT2D eigenvalue weighted by Gasteiger charge is -2.11. The lowest BCUT2D eigenvalue weighted by molar-refractivity contribution is -0.141. The number of rotatable bonds is 4. The van der Waals surface area contributed by atoms with E-state index in [9.17, 15) is 18.0 Å². The van der Waals surface area contributed by atoms with Crippen LogP contribution >= 0.6 is 11.6 Å². The first-order valence-corrected chi connectivity index (χ1v) is 10.9. The minimum Gasteiger partial charge on any atom is -0.321 e. The maximum absolute atomic E-state index is 13.4. The topological polar surface area (TPSA) is 59.8 Å². The number of pyridine rings is 1. The average Bonchev–Trinajstić information content (AvgIpc) is 3.31. The number of amides is 1. The first kappa shape index (κ1) is 22.6. The quantitative estimate of drug-likeness (QED) is 0.293. The number of nitrogens with zero attached hydrogens (tertiary/aromatic N) is 3. The maximum Gasteiger partial charge on any atom is 0.435 e. The van der Waals surface area contributed by atoms with Crippen molar-refractivity contribution in [2.75, 3.05) is 5.32 Å². The molecule has 0 fully saturated rings. The smallest absolute Gasteiger partial charge is 0.321 e. The van der Waals surface area contributed by atoms with Crippen LogP contribution in [0.4, 0.5) is 18.9 Å². The van der Waals surface area contributed by atoms with E-state index in [-0.39, 0.29) is 16.6 Å². The van der Waals surface area contributed by atoms with Crippen LogP contribution in [0.5, 0.6) is 0 Å². The molecular weight excluding hydrogens is 477 g/mol. The van der Waals surface area contributed by atoms with Gasteiger partial charge in [-0.3, -0.25) is 9.78 Å². The second kappa shape index (κ2) is 8.88. The third kappa shape index (κ3) is 4.48. The summed E-state index contributed by atoms with van der Waals surface area (Å²) in [6, 6.07) is 21.0. The van der Waals surface area contributed by atoms with E-state index in [1.807, 2.05) is 18.2 Å². The molecule has 0 aliphatic heterocycles. The second-order valence-electron chi connectivity index (χ2n) is 7.71. The zero-order chi connectivity index (χ0) is 24.6. The van der Waals surface area contributed by atoms with Gasteiger partial charge in [0.2, 0.25) is 0 Å². The Morgan fingerprint density at radius 3 is 2.46 bits per heavy atom. The summed E-state index contributed by atoms with van der Waals surface area (Å²) in [5.74, 6) is -0.351. The average molecular weight is 493 g/mol. The number of nitrogens with one attached hydrogen (secondary N) is 1. The monoisotopic (exact) mass is 492 g/mol. The van der Waals surface area contributed by atoms with Gasteiger partial charge in [0.1, 0.15) is 0 Å². The second-order valence-corrected chi connectivity index (χ2v) is 8.12. The highest BCUT2D eigenvalue weighted by Crippen LogP contribution is 2.34. The van der Waals surface area contributed by atoms with Crippen molar-refractivity contribution in [1.29, 1.82) is 0 Å². The number of aromatic nitrogens is 3. The van der Waals surface area contributed by atoms with E-state index in [4.69, 9.17) is 11.6 Å². The Kier molecular flexibility index (Phi) is 5.74. The minimum atomic E-state index is -4.63. The lowest BCUT2D eigenvalue weighted by atomic mass is 10.1. The van der Waals surface area contributed by atoms with Crippen LogP contribution < -0.4 is 5.32 Å². The first-order chi connectivity index (χ1) is 16.8. The van der Waals surface area contributed by atoms with Crippen LogP contribution in [0.15, 0.2) is 91.3 Å². The molecule has 2 aromatic heterocycles. The van der Waals surface area contributed by atoms with Crippen LogP contribution in [0.3, 0.4) is 0 Å². The van der Waals surface area contributed by atoms with Crippen molar-refractivity contribution >= 4 is 34.0 Å². The molecule has 9 heteroatoms. The zero-order valence-electron chi connectivity index (χ0n) is 17.9. The van der Waals surface area contributed by atoms with Crippen molar-refractivity contribution in [3.8, 4) is 16.9 Å². The fourth-order valence-electron chi connectivity index (χ4n) is 3.75. The molecule has 0 bridgehead atoms. The molecule has 174 valence electrons. The highest BCUT2D eigenvalue weighted by molar-refractivity contribution is 6.32. The molecule has 35 heavy (non-hydrogen) atoms. The number of alkyl halides is 3. The summed E-state index contributed by atoms with van der Waals surface area (Å²) in [5, 5.41) is 8.62. The number of carbonyl (C=O) groups is 1. The molecule has 5 rings (SSSR count). The van der Waals surface area contributed by atoms with E-state index in [0.717, 1.165) is 21.5 Å². The van der Waals surface area contributed by atoms with Crippen molar-refractivity contribution in [2.24, 2.45) is 0 Å². The number of para-hydroxylation sites is 1. The maximum atomic E-state index is 13.4. The Hall–Kier alpha value is -4.17. The number of halogens is 4. The van der Waals surface area contributed by atoms with E-state index in [0.29, 0.717) is 22.5 Å². The third-order valence-corrected chi connectivity index (χ3v) is 5.77. The van der Waals surface area contributed by atoms with Gasteiger partial charge >= 0.3 is 6.18 Å². The number of carbonyl (C=O) groups excluding carboxylic acids is 1. The summed E-state index contributed by atoms with van der Waals surface area (Å²) in [4.78, 5) is 16.9. The molecule has 0 spiro atoms. The van der Waals surface area contributed by atoms with E-state index >= 15 is 0 Å². The largest absolute Gasteiger partial charge is 0.435 e. The molecule has 0 aliphatic carbocycles. The SMILES string of the molecule is O=C(Nc1cccc2cnccc12)c1ccc(-c2cc(C(F)(F)F)nn2-c2ccccc2Cl)cc1. The number of hydrogen-bond acceptors (Lipinski definition) is 3. The molecule has 0 unspecified atom stereocenters. The summed E-state index contributed by atoms with van der Waals surface area (Å²) in [6.07, 6.45) is -1.28. The van der Waals surface area contributed by atoms with Crippen molar-refractivity contribution in [1.82, 2.24) is 14.8 Å². The fraction of sp³-hybridized carbons (Fsp3) is 0.0385. The van der Waals surface area contributed by atoms with Gasteiger partial charge in [-0.2, -0.15) is 18.3 Å². The van der Waals surface area contributed by atoms with Crippen molar-refractivity contribution in [3.63, 3.8) is 0 Å². The molecule has 0 aliphatic rings. The van der Waals surface area contributed by atoms with Gasteiger partial charge in [0.25, 0.3) is 5.91 Å². The van der Waals surface area contributed by atoms with Crippen molar-refractivity contribution in [3.05, 3.63) is 108 Å². The van der Waals surface area contributed by atoms with Gasteiger partial charge in [-0.15, -0.1) is 0 Å². The summed E-state index contributed by atoms with van der Waals surface area (Å²) < 4.78 is 41.5. The van der Waals surface area contributed by atoms with Gasteiger partial charge in [0.05, 0.1) is 16.4 Å². The molecule has 5 aromatic rings. The third-order valence-electron chi connectivity index (χ3n) is 5.45. The fourth-order valence-corrected chi connectivity index (χ4v) is 3.97. The number of benzene rings is 3. The highest BCUT2D eigenvalue weighted by Gasteiger charge is 2.35. The first-order valence-electron chi connectivity index (χ1n) is 10.5. The predicted octanol–water partition coefficient (Wildman–Crippen LogP) is 7.01. The van der Waals surface area contributed by atoms with Crippen molar-refractivity contribution in [2.45, 2.75) is 6.18 Å². The standard InChI is InChI=1S/C26H16ClF3N4O/c27-20-5-1-2-7-22(20)34-23(14-24(33-34)26(28,29)30)16-8-10-17(11-9-16)25(35)32-21-6-3-4-18-15-31-13-12-19(18)21/h1-15H,(H,32,35). The van der Waals surface area contributed by atoms with Crippen LogP contribution in [0, 0.1) is 0 Å². The molecule has 0 saturated heterocycles. The van der Waals surface area contributed by atoms with Gasteiger partial charge in [-0.05, 0) is 42.5 Å².